The summed E-state index contributed by atoms with van der Waals surface area (Å²) in [6.07, 6.45) is 5.91. The maximum Gasteiger partial charge on any atom is 0.160 e. The number of hydrogen-bond acceptors (Lipinski definition) is 2. The van der Waals surface area contributed by atoms with E-state index in [1.54, 1.807) is 6.07 Å². The molecule has 0 aliphatic rings. The fourth-order valence-electron chi connectivity index (χ4n) is 2.38. The van der Waals surface area contributed by atoms with E-state index in [9.17, 15) is 10.2 Å². The van der Waals surface area contributed by atoms with Crippen LogP contribution in [0.15, 0.2) is 6.07 Å². The van der Waals surface area contributed by atoms with Crippen molar-refractivity contribution in [1.82, 2.24) is 0 Å². The van der Waals surface area contributed by atoms with E-state index in [1.807, 2.05) is 0 Å². The van der Waals surface area contributed by atoms with Crippen LogP contribution >= 0.6 is 0 Å². The van der Waals surface area contributed by atoms with E-state index < -0.39 is 0 Å². The van der Waals surface area contributed by atoms with Crippen LogP contribution in [0.4, 0.5) is 0 Å². The number of benzene rings is 1. The molecule has 0 spiro atoms. The molecule has 0 unspecified atom stereocenters. The molecular weight excluding hydrogens is 212 g/mol. The van der Waals surface area contributed by atoms with Gasteiger partial charge in [0.1, 0.15) is 0 Å². The van der Waals surface area contributed by atoms with E-state index in [2.05, 4.69) is 20.8 Å². The second-order valence-corrected chi connectivity index (χ2v) is 4.61. The zero-order chi connectivity index (χ0) is 12.8. The van der Waals surface area contributed by atoms with Crippen molar-refractivity contribution in [3.8, 4) is 11.5 Å². The Bertz CT molecular complexity index is 370. The van der Waals surface area contributed by atoms with Gasteiger partial charge in [0.15, 0.2) is 11.5 Å². The molecule has 0 aliphatic carbocycles. The lowest BCUT2D eigenvalue weighted by atomic mass is 9.91. The van der Waals surface area contributed by atoms with Crippen molar-refractivity contribution < 1.29 is 10.2 Å². The molecule has 1 aromatic rings. The summed E-state index contributed by atoms with van der Waals surface area (Å²) in [5, 5.41) is 19.8. The number of rotatable bonds is 6. The minimum absolute atomic E-state index is 0.0387. The molecule has 1 aromatic carbocycles. The smallest absolute Gasteiger partial charge is 0.160 e. The number of hydrogen-bond donors (Lipinski definition) is 2. The highest BCUT2D eigenvalue weighted by atomic mass is 16.3. The van der Waals surface area contributed by atoms with Crippen LogP contribution in [0.25, 0.3) is 0 Å². The van der Waals surface area contributed by atoms with Gasteiger partial charge in [-0.05, 0) is 36.5 Å². The Hall–Kier alpha value is -1.18. The molecule has 0 fully saturated rings. The molecule has 2 nitrogen and oxygen atoms in total. The zero-order valence-corrected chi connectivity index (χ0v) is 11.2. The van der Waals surface area contributed by atoms with Crippen molar-refractivity contribution in [3.63, 3.8) is 0 Å². The van der Waals surface area contributed by atoms with E-state index in [1.165, 1.54) is 11.1 Å². The van der Waals surface area contributed by atoms with Crippen LogP contribution in [0.2, 0.25) is 0 Å². The van der Waals surface area contributed by atoms with Crippen LogP contribution in [0.3, 0.4) is 0 Å². The highest BCUT2D eigenvalue weighted by molar-refractivity contribution is 5.53. The number of phenolic OH excluding ortho intramolecular Hbond substituents is 2. The molecule has 2 heteroatoms. The second-order valence-electron chi connectivity index (χ2n) is 4.61. The van der Waals surface area contributed by atoms with Gasteiger partial charge >= 0.3 is 0 Å². The first-order chi connectivity index (χ1) is 8.15. The molecule has 0 bridgehead atoms. The summed E-state index contributed by atoms with van der Waals surface area (Å²) in [6.45, 7) is 6.38. The first-order valence-electron chi connectivity index (χ1n) is 6.71. The number of phenols is 2. The van der Waals surface area contributed by atoms with Crippen molar-refractivity contribution in [2.75, 3.05) is 0 Å². The van der Waals surface area contributed by atoms with Crippen LogP contribution < -0.4 is 0 Å². The predicted molar refractivity (Wildman–Crippen MR) is 71.8 cm³/mol. The molecule has 2 N–H and O–H groups in total. The van der Waals surface area contributed by atoms with Gasteiger partial charge in [-0.15, -0.1) is 0 Å². The lowest BCUT2D eigenvalue weighted by Crippen LogP contribution is -2.01. The van der Waals surface area contributed by atoms with E-state index in [0.717, 1.165) is 44.1 Å². The molecule has 0 aromatic heterocycles. The van der Waals surface area contributed by atoms with Gasteiger partial charge in [0, 0.05) is 5.56 Å². The first-order valence-corrected chi connectivity index (χ1v) is 6.71. The summed E-state index contributed by atoms with van der Waals surface area (Å²) >= 11 is 0. The summed E-state index contributed by atoms with van der Waals surface area (Å²) in [5.41, 5.74) is 3.41. The molecule has 0 heterocycles. The molecule has 0 saturated carbocycles. The SMILES string of the molecule is CCCc1cc(O)c(O)c(CCC)c1CCC. The standard InChI is InChI=1S/C15H24O2/c1-4-7-11-10-14(16)15(17)13(9-6-3)12(11)8-5-2/h10,16-17H,4-9H2,1-3H3. The van der Waals surface area contributed by atoms with Crippen LogP contribution in [-0.2, 0) is 19.3 Å². The summed E-state index contributed by atoms with van der Waals surface area (Å²) in [5.74, 6) is 0.131. The molecule has 0 aliphatic heterocycles. The molecule has 0 atom stereocenters. The minimum Gasteiger partial charge on any atom is -0.504 e. The van der Waals surface area contributed by atoms with E-state index in [4.69, 9.17) is 0 Å². The molecule has 0 amide bonds. The van der Waals surface area contributed by atoms with Crippen LogP contribution in [0.1, 0.15) is 56.7 Å². The van der Waals surface area contributed by atoms with E-state index in [-0.39, 0.29) is 11.5 Å². The first kappa shape index (κ1) is 13.9. The van der Waals surface area contributed by atoms with Crippen molar-refractivity contribution in [2.24, 2.45) is 0 Å². The number of aromatic hydroxyl groups is 2. The lowest BCUT2D eigenvalue weighted by Gasteiger charge is -2.16. The number of aryl methyl sites for hydroxylation is 1. The van der Waals surface area contributed by atoms with Gasteiger partial charge < -0.3 is 10.2 Å². The summed E-state index contributed by atoms with van der Waals surface area (Å²) < 4.78 is 0. The Morgan fingerprint density at radius 1 is 0.824 bits per heavy atom. The minimum atomic E-state index is 0.0387. The summed E-state index contributed by atoms with van der Waals surface area (Å²) in [7, 11) is 0. The average Bonchev–Trinajstić information content (AvgIpc) is 2.30. The Morgan fingerprint density at radius 3 is 1.88 bits per heavy atom. The molecular formula is C15H24O2. The summed E-state index contributed by atoms with van der Waals surface area (Å²) in [4.78, 5) is 0. The highest BCUT2D eigenvalue weighted by Crippen LogP contribution is 2.36. The normalized spacial score (nSPS) is 10.8. The highest BCUT2D eigenvalue weighted by Gasteiger charge is 2.15. The zero-order valence-electron chi connectivity index (χ0n) is 11.2. The predicted octanol–water partition coefficient (Wildman–Crippen LogP) is 3.96. The fraction of sp³-hybridized carbons (Fsp3) is 0.600. The Morgan fingerprint density at radius 2 is 1.35 bits per heavy atom. The largest absolute Gasteiger partial charge is 0.504 e. The van der Waals surface area contributed by atoms with Gasteiger partial charge in [-0.25, -0.2) is 0 Å². The molecule has 17 heavy (non-hydrogen) atoms. The van der Waals surface area contributed by atoms with Gasteiger partial charge in [-0.3, -0.25) is 0 Å². The van der Waals surface area contributed by atoms with Gasteiger partial charge in [0.2, 0.25) is 0 Å². The topological polar surface area (TPSA) is 40.5 Å². The Kier molecular flexibility index (Phi) is 5.33. The fourth-order valence-corrected chi connectivity index (χ4v) is 2.38. The molecule has 96 valence electrons. The van der Waals surface area contributed by atoms with Gasteiger partial charge in [-0.2, -0.15) is 0 Å². The molecule has 0 radical (unpaired) electrons. The van der Waals surface area contributed by atoms with Gasteiger partial charge in [0.25, 0.3) is 0 Å². The monoisotopic (exact) mass is 236 g/mol. The van der Waals surface area contributed by atoms with Crippen LogP contribution in [-0.4, -0.2) is 10.2 Å². The maximum absolute atomic E-state index is 9.98. The van der Waals surface area contributed by atoms with Crippen molar-refractivity contribution in [3.05, 3.63) is 22.8 Å². The second kappa shape index (κ2) is 6.53. The maximum atomic E-state index is 9.98. The third kappa shape index (κ3) is 3.15. The summed E-state index contributed by atoms with van der Waals surface area (Å²) in [6, 6.07) is 1.74. The lowest BCUT2D eigenvalue weighted by molar-refractivity contribution is 0.397. The Balaban J connectivity index is 3.29. The van der Waals surface area contributed by atoms with Gasteiger partial charge in [-0.1, -0.05) is 40.0 Å². The third-order valence-corrected chi connectivity index (χ3v) is 3.11. The van der Waals surface area contributed by atoms with Crippen molar-refractivity contribution in [1.29, 1.82) is 0 Å². The van der Waals surface area contributed by atoms with E-state index in [0.29, 0.717) is 0 Å². The quantitative estimate of drug-likeness (QED) is 0.734. The third-order valence-electron chi connectivity index (χ3n) is 3.11. The van der Waals surface area contributed by atoms with E-state index >= 15 is 0 Å². The van der Waals surface area contributed by atoms with Crippen LogP contribution in [0.5, 0.6) is 11.5 Å². The Labute approximate surface area is 104 Å². The van der Waals surface area contributed by atoms with Crippen molar-refractivity contribution in [2.45, 2.75) is 59.3 Å². The molecule has 0 saturated heterocycles. The van der Waals surface area contributed by atoms with Crippen LogP contribution in [0, 0.1) is 0 Å². The molecule has 1 rings (SSSR count). The van der Waals surface area contributed by atoms with Crippen molar-refractivity contribution >= 4 is 0 Å². The average molecular weight is 236 g/mol. The van der Waals surface area contributed by atoms with Gasteiger partial charge in [0.05, 0.1) is 0 Å².